The summed E-state index contributed by atoms with van der Waals surface area (Å²) >= 11 is 1.92. The highest BCUT2D eigenvalue weighted by Gasteiger charge is 2.45. The fourth-order valence-corrected chi connectivity index (χ4v) is 5.87. The van der Waals surface area contributed by atoms with E-state index >= 15 is 0 Å². The summed E-state index contributed by atoms with van der Waals surface area (Å²) in [5.41, 5.74) is 3.20. The van der Waals surface area contributed by atoms with Gasteiger partial charge in [0.1, 0.15) is 0 Å². The first-order chi connectivity index (χ1) is 12.6. The number of nitrogens with zero attached hydrogens (tertiary/aromatic N) is 1. The summed E-state index contributed by atoms with van der Waals surface area (Å²) in [6.07, 6.45) is 4.16. The van der Waals surface area contributed by atoms with Gasteiger partial charge in [-0.15, -0.1) is 11.3 Å². The molecule has 0 radical (unpaired) electrons. The number of fused-ring (bicyclic) bond motifs is 2. The van der Waals surface area contributed by atoms with Crippen molar-refractivity contribution in [2.75, 3.05) is 20.1 Å². The third kappa shape index (κ3) is 3.33. The lowest BCUT2D eigenvalue weighted by atomic mass is 9.73. The minimum absolute atomic E-state index is 0.160. The van der Waals surface area contributed by atoms with Crippen LogP contribution in [0.2, 0.25) is 0 Å². The number of carbonyl (C=O) groups excluding carboxylic acids is 1. The Kier molecular flexibility index (Phi) is 4.89. The van der Waals surface area contributed by atoms with Crippen molar-refractivity contribution in [2.24, 2.45) is 0 Å². The van der Waals surface area contributed by atoms with Crippen molar-refractivity contribution in [3.63, 3.8) is 0 Å². The summed E-state index contributed by atoms with van der Waals surface area (Å²) in [5.74, 6) is 0.532. The molecule has 2 heterocycles. The Hall–Kier alpha value is -1.65. The summed E-state index contributed by atoms with van der Waals surface area (Å²) in [7, 11) is 1.74. The van der Waals surface area contributed by atoms with E-state index in [2.05, 4.69) is 53.5 Å². The van der Waals surface area contributed by atoms with Crippen LogP contribution >= 0.6 is 11.3 Å². The van der Waals surface area contributed by atoms with Crippen molar-refractivity contribution in [1.29, 1.82) is 0 Å². The Bertz CT molecular complexity index is 789. The number of nitrogens with one attached hydrogen (secondary N) is 1. The molecule has 2 aromatic rings. The second-order valence-corrected chi connectivity index (χ2v) is 9.31. The fourth-order valence-electron chi connectivity index (χ4n) is 4.94. The third-order valence-electron chi connectivity index (χ3n) is 6.31. The van der Waals surface area contributed by atoms with Gasteiger partial charge in [-0.3, -0.25) is 9.69 Å². The van der Waals surface area contributed by atoms with Crippen LogP contribution in [-0.4, -0.2) is 30.9 Å². The summed E-state index contributed by atoms with van der Waals surface area (Å²) in [5, 5.41) is 2.80. The van der Waals surface area contributed by atoms with E-state index in [-0.39, 0.29) is 11.3 Å². The van der Waals surface area contributed by atoms with Gasteiger partial charge in [0, 0.05) is 29.8 Å². The zero-order valence-corrected chi connectivity index (χ0v) is 16.6. The monoisotopic (exact) mass is 368 g/mol. The molecule has 4 heteroatoms. The van der Waals surface area contributed by atoms with Crippen LogP contribution in [0.15, 0.2) is 36.4 Å². The third-order valence-corrected chi connectivity index (χ3v) is 7.29. The van der Waals surface area contributed by atoms with Gasteiger partial charge in [0.2, 0.25) is 5.91 Å². The van der Waals surface area contributed by atoms with Crippen LogP contribution in [-0.2, 0) is 16.8 Å². The molecule has 1 atom stereocenters. The Morgan fingerprint density at radius 2 is 2.00 bits per heavy atom. The van der Waals surface area contributed by atoms with E-state index in [1.165, 1.54) is 33.7 Å². The van der Waals surface area contributed by atoms with Crippen molar-refractivity contribution in [2.45, 2.75) is 50.5 Å². The molecule has 2 aliphatic rings. The quantitative estimate of drug-likeness (QED) is 0.877. The molecule has 0 unspecified atom stereocenters. The van der Waals surface area contributed by atoms with E-state index in [1.807, 2.05) is 11.3 Å². The van der Waals surface area contributed by atoms with Crippen molar-refractivity contribution in [1.82, 2.24) is 10.2 Å². The average molecular weight is 369 g/mol. The SMILES string of the molecule is CNC(=O)C[C@@H]1CC2(CCN(Cc3ccc(C)s3)CC2)c2ccccc21. The molecule has 0 saturated carbocycles. The molecule has 1 aromatic heterocycles. The van der Waals surface area contributed by atoms with Gasteiger partial charge < -0.3 is 5.32 Å². The van der Waals surface area contributed by atoms with Crippen molar-refractivity contribution in [3.8, 4) is 0 Å². The van der Waals surface area contributed by atoms with E-state index in [0.717, 1.165) is 26.1 Å². The predicted molar refractivity (Wildman–Crippen MR) is 108 cm³/mol. The van der Waals surface area contributed by atoms with Crippen LogP contribution in [0.5, 0.6) is 0 Å². The summed E-state index contributed by atoms with van der Waals surface area (Å²) in [6.45, 7) is 5.56. The number of amides is 1. The molecule has 1 aromatic carbocycles. The molecule has 1 amide bonds. The Morgan fingerprint density at radius 3 is 2.69 bits per heavy atom. The first kappa shape index (κ1) is 17.7. The first-order valence-electron chi connectivity index (χ1n) is 9.67. The fraction of sp³-hybridized carbons (Fsp3) is 0.500. The normalized spacial score (nSPS) is 21.7. The summed E-state index contributed by atoms with van der Waals surface area (Å²) in [4.78, 5) is 17.5. The van der Waals surface area contributed by atoms with Gasteiger partial charge in [0.15, 0.2) is 0 Å². The number of hydrogen-bond acceptors (Lipinski definition) is 3. The lowest BCUT2D eigenvalue weighted by molar-refractivity contribution is -0.121. The van der Waals surface area contributed by atoms with E-state index < -0.39 is 0 Å². The molecule has 1 aliphatic heterocycles. The minimum Gasteiger partial charge on any atom is -0.359 e. The maximum atomic E-state index is 12.0. The molecular weight excluding hydrogens is 340 g/mol. The number of carbonyl (C=O) groups is 1. The average Bonchev–Trinajstić information content (AvgIpc) is 3.19. The maximum absolute atomic E-state index is 12.0. The van der Waals surface area contributed by atoms with Crippen LogP contribution in [0, 0.1) is 6.92 Å². The molecule has 0 bridgehead atoms. The van der Waals surface area contributed by atoms with Crippen LogP contribution in [0.3, 0.4) is 0 Å². The van der Waals surface area contributed by atoms with Gasteiger partial charge in [-0.1, -0.05) is 24.3 Å². The number of thiophene rings is 1. The van der Waals surface area contributed by atoms with E-state index in [9.17, 15) is 4.79 Å². The topological polar surface area (TPSA) is 32.3 Å². The second kappa shape index (κ2) is 7.16. The van der Waals surface area contributed by atoms with E-state index in [4.69, 9.17) is 0 Å². The van der Waals surface area contributed by atoms with Gasteiger partial charge in [-0.25, -0.2) is 0 Å². The Balaban J connectivity index is 1.48. The number of rotatable bonds is 4. The molecule has 1 saturated heterocycles. The highest BCUT2D eigenvalue weighted by Crippen LogP contribution is 2.52. The highest BCUT2D eigenvalue weighted by atomic mass is 32.1. The standard InChI is InChI=1S/C22H28N2OS/c1-16-7-8-18(26-16)15-24-11-9-22(10-12-24)14-17(13-21(25)23-2)19-5-3-4-6-20(19)22/h3-8,17H,9-15H2,1-2H3,(H,23,25)/t17-/m1/s1. The smallest absolute Gasteiger partial charge is 0.220 e. The van der Waals surface area contributed by atoms with Gasteiger partial charge in [-0.05, 0) is 73.9 Å². The number of piperidine rings is 1. The van der Waals surface area contributed by atoms with Crippen molar-refractivity contribution in [3.05, 3.63) is 57.3 Å². The molecule has 1 spiro atoms. The van der Waals surface area contributed by atoms with Crippen LogP contribution < -0.4 is 5.32 Å². The number of aryl methyl sites for hydroxylation is 1. The van der Waals surface area contributed by atoms with Crippen molar-refractivity contribution < 1.29 is 4.79 Å². The van der Waals surface area contributed by atoms with Crippen molar-refractivity contribution >= 4 is 17.2 Å². The zero-order valence-electron chi connectivity index (χ0n) is 15.8. The van der Waals surface area contributed by atoms with E-state index in [1.54, 1.807) is 7.05 Å². The Labute approximate surface area is 160 Å². The maximum Gasteiger partial charge on any atom is 0.220 e. The molecule has 138 valence electrons. The minimum atomic E-state index is 0.160. The molecule has 1 N–H and O–H groups in total. The van der Waals surface area contributed by atoms with Gasteiger partial charge in [-0.2, -0.15) is 0 Å². The molecule has 1 aliphatic carbocycles. The Morgan fingerprint density at radius 1 is 1.23 bits per heavy atom. The van der Waals surface area contributed by atoms with E-state index in [0.29, 0.717) is 12.3 Å². The van der Waals surface area contributed by atoms with Crippen LogP contribution in [0.1, 0.15) is 52.5 Å². The largest absolute Gasteiger partial charge is 0.359 e. The lowest BCUT2D eigenvalue weighted by Crippen LogP contribution is -2.41. The first-order valence-corrected chi connectivity index (χ1v) is 10.5. The highest BCUT2D eigenvalue weighted by molar-refractivity contribution is 7.11. The molecule has 3 nitrogen and oxygen atoms in total. The lowest BCUT2D eigenvalue weighted by Gasteiger charge is -2.40. The molecule has 1 fully saturated rings. The molecule has 26 heavy (non-hydrogen) atoms. The summed E-state index contributed by atoms with van der Waals surface area (Å²) in [6, 6.07) is 13.4. The predicted octanol–water partition coefficient (Wildman–Crippen LogP) is 4.21. The van der Waals surface area contributed by atoms with Gasteiger partial charge in [0.05, 0.1) is 0 Å². The van der Waals surface area contributed by atoms with Crippen LogP contribution in [0.4, 0.5) is 0 Å². The molecular formula is C22H28N2OS. The number of hydrogen-bond donors (Lipinski definition) is 1. The number of benzene rings is 1. The number of likely N-dealkylation sites (tertiary alicyclic amines) is 1. The van der Waals surface area contributed by atoms with Gasteiger partial charge in [0.25, 0.3) is 0 Å². The second-order valence-electron chi connectivity index (χ2n) is 7.93. The zero-order chi connectivity index (χ0) is 18.1. The van der Waals surface area contributed by atoms with Crippen LogP contribution in [0.25, 0.3) is 0 Å². The molecule has 4 rings (SSSR count). The summed E-state index contributed by atoms with van der Waals surface area (Å²) < 4.78 is 0. The van der Waals surface area contributed by atoms with Gasteiger partial charge >= 0.3 is 0 Å².